The van der Waals surface area contributed by atoms with Crippen LogP contribution in [-0.2, 0) is 14.9 Å². The number of hydrogen-bond donors (Lipinski definition) is 1. The normalized spacial score (nSPS) is 12.6. The standard InChI is InChI=1S/C13H12Br2O3/c1-8(16)13(15)11-6-9(7-14)2-3-10(11)4-5-12(17)18/h2-6,13H,7H2,1H3,(H,17,18). The van der Waals surface area contributed by atoms with Crippen LogP contribution in [0.2, 0.25) is 0 Å². The van der Waals surface area contributed by atoms with E-state index in [0.29, 0.717) is 5.33 Å². The van der Waals surface area contributed by atoms with Crippen molar-refractivity contribution in [2.24, 2.45) is 0 Å². The number of rotatable bonds is 5. The lowest BCUT2D eigenvalue weighted by Gasteiger charge is -2.12. The largest absolute Gasteiger partial charge is 0.478 e. The molecule has 1 unspecified atom stereocenters. The Balaban J connectivity index is 3.24. The molecule has 3 nitrogen and oxygen atoms in total. The van der Waals surface area contributed by atoms with E-state index in [4.69, 9.17) is 5.11 Å². The van der Waals surface area contributed by atoms with Gasteiger partial charge in [0.2, 0.25) is 0 Å². The Kier molecular flexibility index (Phi) is 5.75. The van der Waals surface area contributed by atoms with Crippen LogP contribution in [-0.4, -0.2) is 16.9 Å². The Morgan fingerprint density at radius 2 is 2.11 bits per heavy atom. The van der Waals surface area contributed by atoms with E-state index in [2.05, 4.69) is 31.9 Å². The molecule has 1 N–H and O–H groups in total. The molecule has 0 aliphatic heterocycles. The number of halogens is 2. The van der Waals surface area contributed by atoms with Gasteiger partial charge in [-0.1, -0.05) is 50.1 Å². The maximum atomic E-state index is 11.4. The third-order valence-corrected chi connectivity index (χ3v) is 4.13. The van der Waals surface area contributed by atoms with Crippen molar-refractivity contribution in [1.29, 1.82) is 0 Å². The average Bonchev–Trinajstić information content (AvgIpc) is 2.35. The number of benzene rings is 1. The Bertz CT molecular complexity index is 495. The maximum absolute atomic E-state index is 11.4. The number of carboxylic acid groups (broad SMARTS) is 1. The average molecular weight is 376 g/mol. The highest BCUT2D eigenvalue weighted by Gasteiger charge is 2.16. The number of Topliss-reactive ketones (excluding diaryl/α,β-unsaturated/α-hetero) is 1. The number of carbonyl (C=O) groups is 2. The van der Waals surface area contributed by atoms with E-state index < -0.39 is 10.8 Å². The summed E-state index contributed by atoms with van der Waals surface area (Å²) in [5, 5.41) is 9.32. The third kappa shape index (κ3) is 4.07. The van der Waals surface area contributed by atoms with Gasteiger partial charge < -0.3 is 5.11 Å². The number of ketones is 1. The second kappa shape index (κ2) is 6.85. The van der Waals surface area contributed by atoms with Crippen LogP contribution in [0.5, 0.6) is 0 Å². The molecule has 5 heteroatoms. The molecule has 0 saturated heterocycles. The molecule has 1 aromatic carbocycles. The van der Waals surface area contributed by atoms with Crippen LogP contribution < -0.4 is 0 Å². The predicted molar refractivity (Wildman–Crippen MR) is 78.1 cm³/mol. The Morgan fingerprint density at radius 1 is 1.44 bits per heavy atom. The van der Waals surface area contributed by atoms with Crippen molar-refractivity contribution in [3.05, 3.63) is 41.0 Å². The van der Waals surface area contributed by atoms with Crippen LogP contribution in [0.1, 0.15) is 28.4 Å². The van der Waals surface area contributed by atoms with Crippen molar-refractivity contribution < 1.29 is 14.7 Å². The van der Waals surface area contributed by atoms with Gasteiger partial charge in [-0.2, -0.15) is 0 Å². The molecule has 0 aliphatic carbocycles. The number of hydrogen-bond acceptors (Lipinski definition) is 2. The highest BCUT2D eigenvalue weighted by Crippen LogP contribution is 2.29. The maximum Gasteiger partial charge on any atom is 0.328 e. The van der Waals surface area contributed by atoms with Crippen molar-refractivity contribution in [2.45, 2.75) is 17.1 Å². The van der Waals surface area contributed by atoms with E-state index >= 15 is 0 Å². The predicted octanol–water partition coefficient (Wildman–Crippen LogP) is 3.70. The highest BCUT2D eigenvalue weighted by atomic mass is 79.9. The topological polar surface area (TPSA) is 54.4 Å². The first-order chi connectivity index (χ1) is 8.45. The van der Waals surface area contributed by atoms with Crippen LogP contribution in [0.3, 0.4) is 0 Å². The molecule has 1 atom stereocenters. The summed E-state index contributed by atoms with van der Waals surface area (Å²) in [7, 11) is 0. The molecule has 0 bridgehead atoms. The van der Waals surface area contributed by atoms with Gasteiger partial charge >= 0.3 is 5.97 Å². The number of aliphatic carboxylic acids is 1. The summed E-state index contributed by atoms with van der Waals surface area (Å²) in [5.74, 6) is -1.04. The summed E-state index contributed by atoms with van der Waals surface area (Å²) >= 11 is 6.68. The zero-order chi connectivity index (χ0) is 13.7. The first-order valence-electron chi connectivity index (χ1n) is 5.20. The van der Waals surface area contributed by atoms with Gasteiger partial charge in [-0.05, 0) is 29.7 Å². The molecule has 1 aromatic rings. The van der Waals surface area contributed by atoms with Gasteiger partial charge in [-0.25, -0.2) is 4.79 Å². The highest BCUT2D eigenvalue weighted by molar-refractivity contribution is 9.09. The van der Waals surface area contributed by atoms with Gasteiger partial charge in [0.25, 0.3) is 0 Å². The molecule has 0 heterocycles. The number of alkyl halides is 2. The molecule has 0 radical (unpaired) electrons. The molecular weight excluding hydrogens is 364 g/mol. The number of carboxylic acids is 1. The van der Waals surface area contributed by atoms with Gasteiger partial charge in [0, 0.05) is 11.4 Å². The quantitative estimate of drug-likeness (QED) is 0.630. The molecular formula is C13H12Br2O3. The minimum absolute atomic E-state index is 0.0216. The minimum atomic E-state index is -1.01. The van der Waals surface area contributed by atoms with E-state index in [1.54, 1.807) is 0 Å². The van der Waals surface area contributed by atoms with E-state index in [0.717, 1.165) is 22.8 Å². The Hall–Kier alpha value is -0.940. The fraction of sp³-hybridized carbons (Fsp3) is 0.231. The zero-order valence-electron chi connectivity index (χ0n) is 9.69. The van der Waals surface area contributed by atoms with E-state index in [1.165, 1.54) is 13.0 Å². The van der Waals surface area contributed by atoms with Crippen molar-refractivity contribution in [1.82, 2.24) is 0 Å². The lowest BCUT2D eigenvalue weighted by molar-refractivity contribution is -0.131. The summed E-state index contributed by atoms with van der Waals surface area (Å²) in [5.41, 5.74) is 2.53. The van der Waals surface area contributed by atoms with Gasteiger partial charge in [-0.3, -0.25) is 4.79 Å². The van der Waals surface area contributed by atoms with Crippen LogP contribution in [0.4, 0.5) is 0 Å². The van der Waals surface area contributed by atoms with Crippen molar-refractivity contribution in [2.75, 3.05) is 0 Å². The van der Waals surface area contributed by atoms with Crippen LogP contribution in [0.15, 0.2) is 24.3 Å². The lowest BCUT2D eigenvalue weighted by Crippen LogP contribution is -2.04. The fourth-order valence-electron chi connectivity index (χ4n) is 1.46. The zero-order valence-corrected chi connectivity index (χ0v) is 12.9. The number of carbonyl (C=O) groups excluding carboxylic acids is 1. The SMILES string of the molecule is CC(=O)C(Br)c1cc(CBr)ccc1C=CC(=O)O. The van der Waals surface area contributed by atoms with Crippen molar-refractivity contribution in [3.63, 3.8) is 0 Å². The van der Waals surface area contributed by atoms with Crippen LogP contribution in [0.25, 0.3) is 6.08 Å². The second-order valence-electron chi connectivity index (χ2n) is 3.74. The summed E-state index contributed by atoms with van der Waals surface area (Å²) in [6, 6.07) is 5.58. The fourth-order valence-corrected chi connectivity index (χ4v) is 2.20. The smallest absolute Gasteiger partial charge is 0.328 e. The van der Waals surface area contributed by atoms with Crippen molar-refractivity contribution in [3.8, 4) is 0 Å². The van der Waals surface area contributed by atoms with E-state index in [9.17, 15) is 9.59 Å². The van der Waals surface area contributed by atoms with Crippen LogP contribution >= 0.6 is 31.9 Å². The van der Waals surface area contributed by atoms with E-state index in [1.807, 2.05) is 18.2 Å². The molecule has 0 fully saturated rings. The van der Waals surface area contributed by atoms with Gasteiger partial charge in [0.15, 0.2) is 0 Å². The summed E-state index contributed by atoms with van der Waals surface area (Å²) < 4.78 is 0. The minimum Gasteiger partial charge on any atom is -0.478 e. The molecule has 1 rings (SSSR count). The Labute approximate surface area is 122 Å². The molecule has 0 aromatic heterocycles. The first kappa shape index (κ1) is 15.1. The second-order valence-corrected chi connectivity index (χ2v) is 5.22. The van der Waals surface area contributed by atoms with Gasteiger partial charge in [-0.15, -0.1) is 0 Å². The van der Waals surface area contributed by atoms with Gasteiger partial charge in [0.05, 0.1) is 4.83 Å². The molecule has 18 heavy (non-hydrogen) atoms. The third-order valence-electron chi connectivity index (χ3n) is 2.34. The van der Waals surface area contributed by atoms with Crippen molar-refractivity contribution >= 4 is 49.7 Å². The van der Waals surface area contributed by atoms with Gasteiger partial charge in [0.1, 0.15) is 5.78 Å². The monoisotopic (exact) mass is 374 g/mol. The first-order valence-corrected chi connectivity index (χ1v) is 7.23. The molecule has 0 spiro atoms. The Morgan fingerprint density at radius 3 is 2.61 bits per heavy atom. The molecule has 96 valence electrons. The molecule has 0 aliphatic rings. The summed E-state index contributed by atoms with van der Waals surface area (Å²) in [6.07, 6.45) is 2.55. The molecule has 0 amide bonds. The lowest BCUT2D eigenvalue weighted by atomic mass is 9.99. The molecule has 0 saturated carbocycles. The summed E-state index contributed by atoms with van der Waals surface area (Å²) in [4.78, 5) is 21.5. The van der Waals surface area contributed by atoms with Crippen LogP contribution in [0, 0.1) is 0 Å². The van der Waals surface area contributed by atoms with E-state index in [-0.39, 0.29) is 5.78 Å². The summed E-state index contributed by atoms with van der Waals surface area (Å²) in [6.45, 7) is 1.49.